The Hall–Kier alpha value is -1.79. The molecule has 0 radical (unpaired) electrons. The normalized spacial score (nSPS) is 22.9. The average molecular weight is 258 g/mol. The highest BCUT2D eigenvalue weighted by molar-refractivity contribution is 5.86. The van der Waals surface area contributed by atoms with Crippen molar-refractivity contribution in [2.24, 2.45) is 5.92 Å². The van der Waals surface area contributed by atoms with Gasteiger partial charge in [-0.05, 0) is 18.8 Å². The lowest BCUT2D eigenvalue weighted by atomic mass is 10.2. The monoisotopic (exact) mass is 258 g/mol. The minimum Gasteiger partial charge on any atom is -0.481 e. The second kappa shape index (κ2) is 6.23. The molecule has 2 amide bonds. The van der Waals surface area contributed by atoms with Gasteiger partial charge < -0.3 is 20.8 Å². The first kappa shape index (κ1) is 14.3. The lowest BCUT2D eigenvalue weighted by molar-refractivity contribution is -0.145. The topological polar surface area (TPSA) is 116 Å². The van der Waals surface area contributed by atoms with Gasteiger partial charge in [0.15, 0.2) is 0 Å². The fourth-order valence-electron chi connectivity index (χ4n) is 1.86. The van der Waals surface area contributed by atoms with Crippen molar-refractivity contribution >= 4 is 18.0 Å². The third kappa shape index (κ3) is 4.60. The van der Waals surface area contributed by atoms with E-state index in [2.05, 4.69) is 17.6 Å². The molecule has 7 nitrogen and oxygen atoms in total. The highest BCUT2D eigenvalue weighted by atomic mass is 16.4. The second-order valence-electron chi connectivity index (χ2n) is 4.50. The van der Waals surface area contributed by atoms with Gasteiger partial charge in [-0.15, -0.1) is 0 Å². The minimum absolute atomic E-state index is 0.0872. The van der Waals surface area contributed by atoms with Gasteiger partial charge in [0.2, 0.25) is 0 Å². The summed E-state index contributed by atoms with van der Waals surface area (Å²) in [5, 5.41) is 22.1. The van der Waals surface area contributed by atoms with E-state index in [1.54, 1.807) is 0 Å². The van der Waals surface area contributed by atoms with Crippen molar-refractivity contribution in [1.29, 1.82) is 0 Å². The molecule has 0 aliphatic heterocycles. The van der Waals surface area contributed by atoms with Crippen LogP contribution >= 0.6 is 0 Å². The van der Waals surface area contributed by atoms with Gasteiger partial charge in [-0.2, -0.15) is 0 Å². The molecule has 3 unspecified atom stereocenters. The molecular formula is C11H18N2O5. The third-order valence-electron chi connectivity index (χ3n) is 2.88. The van der Waals surface area contributed by atoms with Crippen molar-refractivity contribution in [1.82, 2.24) is 10.6 Å². The van der Waals surface area contributed by atoms with Gasteiger partial charge in [-0.1, -0.05) is 13.3 Å². The molecule has 1 aliphatic carbocycles. The van der Waals surface area contributed by atoms with Crippen molar-refractivity contribution in [2.75, 3.05) is 0 Å². The Kier molecular flexibility index (Phi) is 4.94. The van der Waals surface area contributed by atoms with Gasteiger partial charge in [0, 0.05) is 6.04 Å². The smallest absolute Gasteiger partial charge is 0.326 e. The van der Waals surface area contributed by atoms with Crippen LogP contribution in [-0.4, -0.2) is 40.3 Å². The maximum Gasteiger partial charge on any atom is 0.326 e. The number of aliphatic carboxylic acids is 2. The second-order valence-corrected chi connectivity index (χ2v) is 4.50. The highest BCUT2D eigenvalue weighted by Gasteiger charge is 2.37. The molecule has 0 saturated heterocycles. The van der Waals surface area contributed by atoms with E-state index in [9.17, 15) is 14.4 Å². The van der Waals surface area contributed by atoms with Crippen LogP contribution in [0.1, 0.15) is 32.6 Å². The Morgan fingerprint density at radius 3 is 2.50 bits per heavy atom. The van der Waals surface area contributed by atoms with Crippen LogP contribution in [0.15, 0.2) is 0 Å². The molecule has 7 heteroatoms. The van der Waals surface area contributed by atoms with E-state index in [4.69, 9.17) is 10.2 Å². The maximum atomic E-state index is 11.5. The van der Waals surface area contributed by atoms with Crippen LogP contribution in [0.2, 0.25) is 0 Å². The molecule has 0 spiro atoms. The number of carboxylic acid groups (broad SMARTS) is 2. The molecule has 0 aromatic carbocycles. The molecule has 0 aromatic heterocycles. The van der Waals surface area contributed by atoms with Gasteiger partial charge >= 0.3 is 18.0 Å². The van der Waals surface area contributed by atoms with Crippen LogP contribution in [0.25, 0.3) is 0 Å². The van der Waals surface area contributed by atoms with E-state index < -0.39 is 30.4 Å². The van der Waals surface area contributed by atoms with Gasteiger partial charge in [0.1, 0.15) is 6.04 Å². The molecule has 3 atom stereocenters. The predicted octanol–water partition coefficient (Wildman–Crippen LogP) is 0.402. The van der Waals surface area contributed by atoms with Gasteiger partial charge in [0.05, 0.1) is 6.42 Å². The van der Waals surface area contributed by atoms with Crippen molar-refractivity contribution in [3.05, 3.63) is 0 Å². The van der Waals surface area contributed by atoms with E-state index in [0.717, 1.165) is 19.3 Å². The Morgan fingerprint density at radius 1 is 1.33 bits per heavy atom. The molecule has 0 heterocycles. The van der Waals surface area contributed by atoms with E-state index in [0.29, 0.717) is 5.92 Å². The third-order valence-corrected chi connectivity index (χ3v) is 2.88. The minimum atomic E-state index is -1.40. The first-order valence-corrected chi connectivity index (χ1v) is 5.95. The molecule has 1 rings (SSSR count). The fraction of sp³-hybridized carbons (Fsp3) is 0.727. The highest BCUT2D eigenvalue weighted by Crippen LogP contribution is 2.34. The molecule has 1 aliphatic rings. The molecule has 0 aromatic rings. The van der Waals surface area contributed by atoms with Crippen molar-refractivity contribution in [2.45, 2.75) is 44.7 Å². The molecule has 1 fully saturated rings. The Labute approximate surface area is 105 Å². The summed E-state index contributed by atoms with van der Waals surface area (Å²) in [6, 6.07) is -1.93. The number of hydrogen-bond donors (Lipinski definition) is 4. The predicted molar refractivity (Wildman–Crippen MR) is 62.1 cm³/mol. The lowest BCUT2D eigenvalue weighted by Gasteiger charge is -2.13. The maximum absolute atomic E-state index is 11.5. The number of carbonyl (C=O) groups is 3. The fourth-order valence-corrected chi connectivity index (χ4v) is 1.86. The number of amides is 2. The zero-order valence-electron chi connectivity index (χ0n) is 10.2. The lowest BCUT2D eigenvalue weighted by Crippen LogP contribution is -2.47. The summed E-state index contributed by atoms with van der Waals surface area (Å²) in [5.74, 6) is -2.16. The first-order chi connectivity index (χ1) is 8.43. The van der Waals surface area contributed by atoms with Crippen LogP contribution in [-0.2, 0) is 9.59 Å². The van der Waals surface area contributed by atoms with Crippen LogP contribution < -0.4 is 10.6 Å². The standard InChI is InChI=1S/C11H18N2O5/c1-2-3-6-4-7(6)12-11(18)13-8(10(16)17)5-9(14)15/h6-8H,2-5H2,1H3,(H,14,15)(H,16,17)(H2,12,13,18). The van der Waals surface area contributed by atoms with Crippen molar-refractivity contribution < 1.29 is 24.6 Å². The molecule has 102 valence electrons. The summed E-state index contributed by atoms with van der Waals surface area (Å²) in [6.45, 7) is 2.06. The summed E-state index contributed by atoms with van der Waals surface area (Å²) in [5.41, 5.74) is 0. The van der Waals surface area contributed by atoms with Gasteiger partial charge in [0.25, 0.3) is 0 Å². The Bertz CT molecular complexity index is 344. The number of urea groups is 1. The van der Waals surface area contributed by atoms with Crippen molar-refractivity contribution in [3.8, 4) is 0 Å². The number of rotatable bonds is 7. The summed E-state index contributed by atoms with van der Waals surface area (Å²) in [6.07, 6.45) is 2.34. The quantitative estimate of drug-likeness (QED) is 0.527. The summed E-state index contributed by atoms with van der Waals surface area (Å²) < 4.78 is 0. The summed E-state index contributed by atoms with van der Waals surface area (Å²) in [7, 11) is 0. The number of hydrogen-bond acceptors (Lipinski definition) is 3. The summed E-state index contributed by atoms with van der Waals surface area (Å²) in [4.78, 5) is 32.6. The molecule has 0 bridgehead atoms. The Balaban J connectivity index is 2.33. The van der Waals surface area contributed by atoms with Crippen LogP contribution in [0.5, 0.6) is 0 Å². The van der Waals surface area contributed by atoms with Gasteiger partial charge in [-0.3, -0.25) is 4.79 Å². The van der Waals surface area contributed by atoms with Gasteiger partial charge in [-0.25, -0.2) is 9.59 Å². The summed E-state index contributed by atoms with van der Waals surface area (Å²) >= 11 is 0. The van der Waals surface area contributed by atoms with E-state index >= 15 is 0 Å². The number of carboxylic acids is 2. The molecule has 18 heavy (non-hydrogen) atoms. The zero-order valence-corrected chi connectivity index (χ0v) is 10.2. The molecule has 4 N–H and O–H groups in total. The van der Waals surface area contributed by atoms with E-state index in [-0.39, 0.29) is 6.04 Å². The molecule has 1 saturated carbocycles. The van der Waals surface area contributed by atoms with Crippen LogP contribution in [0.3, 0.4) is 0 Å². The number of nitrogens with one attached hydrogen (secondary N) is 2. The number of carbonyl (C=O) groups excluding carboxylic acids is 1. The van der Waals surface area contributed by atoms with Crippen LogP contribution in [0.4, 0.5) is 4.79 Å². The van der Waals surface area contributed by atoms with E-state index in [1.807, 2.05) is 0 Å². The zero-order chi connectivity index (χ0) is 13.7. The first-order valence-electron chi connectivity index (χ1n) is 5.95. The average Bonchev–Trinajstić information content (AvgIpc) is 2.95. The van der Waals surface area contributed by atoms with Crippen LogP contribution in [0, 0.1) is 5.92 Å². The largest absolute Gasteiger partial charge is 0.481 e. The molecular weight excluding hydrogens is 240 g/mol. The van der Waals surface area contributed by atoms with Crippen molar-refractivity contribution in [3.63, 3.8) is 0 Å². The van der Waals surface area contributed by atoms with E-state index in [1.165, 1.54) is 0 Å². The SMILES string of the molecule is CCCC1CC1NC(=O)NC(CC(=O)O)C(=O)O. The Morgan fingerprint density at radius 2 is 2.00 bits per heavy atom.